The molecule has 1 rings (SSSR count). The van der Waals surface area contributed by atoms with E-state index in [1.54, 1.807) is 6.92 Å². The third-order valence-electron chi connectivity index (χ3n) is 1.98. The van der Waals surface area contributed by atoms with Gasteiger partial charge >= 0.3 is 0 Å². The summed E-state index contributed by atoms with van der Waals surface area (Å²) in [7, 11) is 1.32. The molecule has 0 bridgehead atoms. The number of aryl methyl sites for hydroxylation is 1. The maximum Gasteiger partial charge on any atom is 0.180 e. The molecule has 0 spiro atoms. The molecule has 76 valence electrons. The Kier molecular flexibility index (Phi) is 3.19. The number of benzene rings is 1. The highest BCUT2D eigenvalue weighted by Crippen LogP contribution is 2.25. The van der Waals surface area contributed by atoms with Crippen molar-refractivity contribution >= 4 is 5.78 Å². The number of rotatable bonds is 3. The highest BCUT2D eigenvalue weighted by Gasteiger charge is 2.16. The fourth-order valence-corrected chi connectivity index (χ4v) is 1.18. The Bertz CT molecular complexity index is 363. The van der Waals surface area contributed by atoms with E-state index in [9.17, 15) is 9.18 Å². The Morgan fingerprint density at radius 3 is 2.71 bits per heavy atom. The fraction of sp³-hybridized carbons (Fsp3) is 0.300. The number of methoxy groups -OCH3 is 1. The number of ketones is 1. The second-order valence-corrected chi connectivity index (χ2v) is 2.90. The van der Waals surface area contributed by atoms with Gasteiger partial charge in [-0.15, -0.1) is 0 Å². The lowest BCUT2D eigenvalue weighted by Crippen LogP contribution is -2.15. The van der Waals surface area contributed by atoms with Crippen molar-refractivity contribution in [1.29, 1.82) is 0 Å². The fourth-order valence-electron chi connectivity index (χ4n) is 1.18. The van der Waals surface area contributed by atoms with Crippen LogP contribution in [-0.2, 0) is 0 Å². The van der Waals surface area contributed by atoms with Crippen molar-refractivity contribution in [3.05, 3.63) is 29.1 Å². The summed E-state index contributed by atoms with van der Waals surface area (Å²) in [5, 5.41) is 0. The van der Waals surface area contributed by atoms with Crippen molar-refractivity contribution in [3.63, 3.8) is 0 Å². The lowest BCUT2D eigenvalue weighted by atomic mass is 10.1. The predicted octanol–water partition coefficient (Wildman–Crippen LogP) is 1.28. The monoisotopic (exact) mass is 197 g/mol. The molecule has 0 aliphatic rings. The molecule has 0 amide bonds. The minimum atomic E-state index is -0.508. The normalized spacial score (nSPS) is 10.0. The molecule has 1 aromatic carbocycles. The minimum Gasteiger partial charge on any atom is -0.493 e. The molecule has 4 heteroatoms. The van der Waals surface area contributed by atoms with Gasteiger partial charge in [-0.1, -0.05) is 6.07 Å². The summed E-state index contributed by atoms with van der Waals surface area (Å²) in [6.45, 7) is 1.45. The molecule has 0 unspecified atom stereocenters. The van der Waals surface area contributed by atoms with Crippen LogP contribution in [0.4, 0.5) is 4.39 Å². The van der Waals surface area contributed by atoms with Gasteiger partial charge in [0.1, 0.15) is 0 Å². The molecule has 1 aromatic rings. The van der Waals surface area contributed by atoms with Crippen LogP contribution in [0.1, 0.15) is 15.9 Å². The minimum absolute atomic E-state index is 0.0274. The number of ether oxygens (including phenoxy) is 1. The zero-order valence-electron chi connectivity index (χ0n) is 8.13. The lowest BCUT2D eigenvalue weighted by molar-refractivity contribution is 0.0997. The molecule has 3 nitrogen and oxygen atoms in total. The van der Waals surface area contributed by atoms with E-state index in [4.69, 9.17) is 10.5 Å². The number of hydrogen-bond acceptors (Lipinski definition) is 3. The maximum atomic E-state index is 13.4. The number of carbonyl (C=O) groups excluding carboxylic acids is 1. The van der Waals surface area contributed by atoms with E-state index in [0.717, 1.165) is 0 Å². The predicted molar refractivity (Wildman–Crippen MR) is 51.1 cm³/mol. The number of nitrogens with two attached hydrogens (primary N) is 1. The summed E-state index contributed by atoms with van der Waals surface area (Å²) in [6.07, 6.45) is 0. The largest absolute Gasteiger partial charge is 0.493 e. The van der Waals surface area contributed by atoms with Crippen LogP contribution in [0.2, 0.25) is 0 Å². The summed E-state index contributed by atoms with van der Waals surface area (Å²) >= 11 is 0. The van der Waals surface area contributed by atoms with Crippen LogP contribution in [-0.4, -0.2) is 19.4 Å². The molecule has 0 saturated carbocycles. The van der Waals surface area contributed by atoms with E-state index >= 15 is 0 Å². The summed E-state index contributed by atoms with van der Waals surface area (Å²) in [4.78, 5) is 11.3. The number of carbonyl (C=O) groups is 1. The average molecular weight is 197 g/mol. The van der Waals surface area contributed by atoms with Gasteiger partial charge in [0, 0.05) is 0 Å². The second-order valence-electron chi connectivity index (χ2n) is 2.90. The first kappa shape index (κ1) is 10.7. The molecule has 0 radical (unpaired) electrons. The van der Waals surface area contributed by atoms with E-state index in [2.05, 4.69) is 0 Å². The van der Waals surface area contributed by atoms with Gasteiger partial charge in [-0.25, -0.2) is 4.39 Å². The molecule has 0 aliphatic heterocycles. The molecular formula is C10H12FNO2. The quantitative estimate of drug-likeness (QED) is 0.743. The van der Waals surface area contributed by atoms with E-state index in [0.29, 0.717) is 5.56 Å². The van der Waals surface area contributed by atoms with Crippen molar-refractivity contribution in [2.45, 2.75) is 6.92 Å². The van der Waals surface area contributed by atoms with Crippen molar-refractivity contribution < 1.29 is 13.9 Å². The van der Waals surface area contributed by atoms with Crippen LogP contribution in [0.25, 0.3) is 0 Å². The maximum absolute atomic E-state index is 13.4. The van der Waals surface area contributed by atoms with E-state index < -0.39 is 5.82 Å². The zero-order chi connectivity index (χ0) is 10.7. The Morgan fingerprint density at radius 2 is 2.21 bits per heavy atom. The summed E-state index contributed by atoms with van der Waals surface area (Å²) in [5.74, 6) is -0.868. The second kappa shape index (κ2) is 4.19. The topological polar surface area (TPSA) is 52.3 Å². The van der Waals surface area contributed by atoms with Crippen molar-refractivity contribution in [1.82, 2.24) is 0 Å². The van der Waals surface area contributed by atoms with Gasteiger partial charge in [-0.3, -0.25) is 4.79 Å². The number of hydrogen-bond donors (Lipinski definition) is 1. The Labute approximate surface area is 81.7 Å². The Hall–Kier alpha value is -1.42. The van der Waals surface area contributed by atoms with Crippen molar-refractivity contribution in [3.8, 4) is 5.75 Å². The first-order valence-corrected chi connectivity index (χ1v) is 4.18. The molecule has 0 aromatic heterocycles. The van der Waals surface area contributed by atoms with Gasteiger partial charge in [-0.05, 0) is 18.6 Å². The first-order valence-electron chi connectivity index (χ1n) is 4.18. The van der Waals surface area contributed by atoms with Crippen molar-refractivity contribution in [2.75, 3.05) is 13.7 Å². The third-order valence-corrected chi connectivity index (χ3v) is 1.98. The van der Waals surface area contributed by atoms with Crippen LogP contribution in [0.5, 0.6) is 5.75 Å². The molecule has 2 N–H and O–H groups in total. The lowest BCUT2D eigenvalue weighted by Gasteiger charge is -2.09. The smallest absolute Gasteiger partial charge is 0.180 e. The third kappa shape index (κ3) is 1.75. The molecular weight excluding hydrogens is 185 g/mol. The summed E-state index contributed by atoms with van der Waals surface area (Å²) in [6, 6.07) is 3.05. The van der Waals surface area contributed by atoms with E-state index in [-0.39, 0.29) is 23.6 Å². The molecule has 0 saturated heterocycles. The van der Waals surface area contributed by atoms with Gasteiger partial charge in [0.25, 0.3) is 0 Å². The van der Waals surface area contributed by atoms with Crippen LogP contribution >= 0.6 is 0 Å². The van der Waals surface area contributed by atoms with E-state index in [1.165, 1.54) is 19.2 Å². The highest BCUT2D eigenvalue weighted by atomic mass is 19.1. The number of halogens is 1. The van der Waals surface area contributed by atoms with Crippen LogP contribution in [0, 0.1) is 12.7 Å². The Balaban J connectivity index is 3.31. The van der Waals surface area contributed by atoms with Gasteiger partial charge in [0.15, 0.2) is 17.3 Å². The Morgan fingerprint density at radius 1 is 1.57 bits per heavy atom. The average Bonchev–Trinajstić information content (AvgIpc) is 2.20. The molecule has 0 heterocycles. The summed E-state index contributed by atoms with van der Waals surface area (Å²) in [5.41, 5.74) is 5.82. The molecule has 0 atom stereocenters. The zero-order valence-corrected chi connectivity index (χ0v) is 8.13. The molecule has 14 heavy (non-hydrogen) atoms. The van der Waals surface area contributed by atoms with Gasteiger partial charge in [0.05, 0.1) is 19.2 Å². The van der Waals surface area contributed by atoms with Crippen LogP contribution in [0.3, 0.4) is 0 Å². The van der Waals surface area contributed by atoms with Gasteiger partial charge in [-0.2, -0.15) is 0 Å². The van der Waals surface area contributed by atoms with E-state index in [1.807, 2.05) is 0 Å². The van der Waals surface area contributed by atoms with Gasteiger partial charge in [0.2, 0.25) is 0 Å². The highest BCUT2D eigenvalue weighted by molar-refractivity contribution is 6.00. The van der Waals surface area contributed by atoms with Crippen LogP contribution < -0.4 is 10.5 Å². The molecule has 0 aliphatic carbocycles. The van der Waals surface area contributed by atoms with Crippen molar-refractivity contribution in [2.24, 2.45) is 5.73 Å². The summed E-state index contributed by atoms with van der Waals surface area (Å²) < 4.78 is 18.3. The van der Waals surface area contributed by atoms with Gasteiger partial charge < -0.3 is 10.5 Å². The number of Topliss-reactive ketones (excluding diaryl/α,β-unsaturated/α-hetero) is 1. The standard InChI is InChI=1S/C10H12FNO2/c1-6-3-4-7(8(13)5-12)10(14-2)9(6)11/h3-4H,5,12H2,1-2H3. The van der Waals surface area contributed by atoms with Crippen LogP contribution in [0.15, 0.2) is 12.1 Å². The first-order chi connectivity index (χ1) is 6.61. The molecule has 0 fully saturated rings. The SMILES string of the molecule is COc1c(C(=O)CN)ccc(C)c1F.